The Kier molecular flexibility index (Phi) is 5.59. The normalized spacial score (nSPS) is 23.9. The predicted octanol–water partition coefficient (Wildman–Crippen LogP) is 0.483. The van der Waals surface area contributed by atoms with Gasteiger partial charge in [-0.15, -0.1) is 0 Å². The lowest BCUT2D eigenvalue weighted by molar-refractivity contribution is -0.0747. The quantitative estimate of drug-likeness (QED) is 0.637. The fraction of sp³-hybridized carbons (Fsp3) is 0.636. The van der Waals surface area contributed by atoms with Crippen LogP contribution in [0.3, 0.4) is 0 Å². The Bertz CT molecular complexity index is 635. The molecular formula is C11H16O8S3. The van der Waals surface area contributed by atoms with Crippen molar-refractivity contribution >= 4 is 31.6 Å². The summed E-state index contributed by atoms with van der Waals surface area (Å²) in [5, 5.41) is 3.66. The summed E-state index contributed by atoms with van der Waals surface area (Å²) in [5.74, 6) is 0. The lowest BCUT2D eigenvalue weighted by Gasteiger charge is -2.15. The summed E-state index contributed by atoms with van der Waals surface area (Å²) >= 11 is 1.45. The molecular weight excluding hydrogens is 356 g/mol. The van der Waals surface area contributed by atoms with Gasteiger partial charge in [-0.25, -0.2) is 0 Å². The van der Waals surface area contributed by atoms with Gasteiger partial charge >= 0.3 is 0 Å². The molecule has 22 heavy (non-hydrogen) atoms. The molecule has 0 spiro atoms. The fourth-order valence-corrected chi connectivity index (χ4v) is 3.19. The van der Waals surface area contributed by atoms with Crippen LogP contribution in [0.2, 0.25) is 0 Å². The highest BCUT2D eigenvalue weighted by Gasteiger charge is 2.38. The van der Waals surface area contributed by atoms with Crippen LogP contribution in [0.5, 0.6) is 0 Å². The highest BCUT2D eigenvalue weighted by atomic mass is 32.2. The van der Waals surface area contributed by atoms with Crippen LogP contribution in [0.4, 0.5) is 0 Å². The second-order valence-electron chi connectivity index (χ2n) is 4.71. The van der Waals surface area contributed by atoms with E-state index in [0.29, 0.717) is 0 Å². The molecule has 0 N–H and O–H groups in total. The van der Waals surface area contributed by atoms with E-state index in [-0.39, 0.29) is 13.2 Å². The first-order valence-corrected chi connectivity index (χ1v) is 10.7. The molecule has 0 bridgehead atoms. The van der Waals surface area contributed by atoms with Crippen molar-refractivity contribution < 1.29 is 34.7 Å². The Labute approximate surface area is 133 Å². The van der Waals surface area contributed by atoms with E-state index in [4.69, 9.17) is 17.8 Å². The van der Waals surface area contributed by atoms with Crippen molar-refractivity contribution in [1.29, 1.82) is 0 Å². The van der Waals surface area contributed by atoms with Gasteiger partial charge in [0.25, 0.3) is 20.2 Å². The third kappa shape index (κ3) is 5.57. The van der Waals surface area contributed by atoms with E-state index in [9.17, 15) is 16.8 Å². The van der Waals surface area contributed by atoms with Crippen molar-refractivity contribution in [2.45, 2.75) is 18.5 Å². The topological polar surface area (TPSA) is 105 Å². The molecule has 0 saturated carbocycles. The van der Waals surface area contributed by atoms with Gasteiger partial charge in [-0.2, -0.15) is 28.2 Å². The van der Waals surface area contributed by atoms with Crippen LogP contribution in [0.25, 0.3) is 0 Å². The average molecular weight is 372 g/mol. The molecule has 0 amide bonds. The second-order valence-corrected chi connectivity index (χ2v) is 8.78. The Balaban J connectivity index is 2.04. The number of ether oxygens (including phenoxy) is 2. The molecule has 8 nitrogen and oxygen atoms in total. The van der Waals surface area contributed by atoms with E-state index in [2.05, 4.69) is 0 Å². The Morgan fingerprint density at radius 2 is 1.55 bits per heavy atom. The molecule has 1 aromatic rings. The van der Waals surface area contributed by atoms with Crippen LogP contribution < -0.4 is 0 Å². The Hall–Kier alpha value is -0.560. The summed E-state index contributed by atoms with van der Waals surface area (Å²) in [4.78, 5) is 0. The smallest absolute Gasteiger partial charge is 0.264 e. The fourth-order valence-electron chi connectivity index (χ4n) is 1.77. The highest BCUT2D eigenvalue weighted by molar-refractivity contribution is 7.86. The summed E-state index contributed by atoms with van der Waals surface area (Å²) in [5.41, 5.74) is 0.760. The van der Waals surface area contributed by atoms with Crippen molar-refractivity contribution in [2.75, 3.05) is 25.7 Å². The van der Waals surface area contributed by atoms with E-state index in [0.717, 1.165) is 18.1 Å². The van der Waals surface area contributed by atoms with Crippen molar-refractivity contribution in [3.8, 4) is 0 Å². The van der Waals surface area contributed by atoms with E-state index < -0.39 is 38.7 Å². The van der Waals surface area contributed by atoms with Crippen molar-refractivity contribution in [3.05, 3.63) is 22.4 Å². The molecule has 1 aliphatic rings. The van der Waals surface area contributed by atoms with Gasteiger partial charge in [0.05, 0.1) is 25.7 Å². The molecule has 1 saturated heterocycles. The zero-order valence-electron chi connectivity index (χ0n) is 11.9. The van der Waals surface area contributed by atoms with Crippen LogP contribution in [0.1, 0.15) is 11.9 Å². The standard InChI is InChI=1S/C11H16O8S3/c1-21(12,13)16-5-9-10(6-17-22(2,14)15)19-11(18-9)8-3-4-20-7-8/h3-4,7,9-11H,5-6H2,1-2H3/t9-,10-/m0/s1. The monoisotopic (exact) mass is 372 g/mol. The molecule has 126 valence electrons. The summed E-state index contributed by atoms with van der Waals surface area (Å²) in [6.07, 6.45) is -0.405. The van der Waals surface area contributed by atoms with Gasteiger partial charge < -0.3 is 9.47 Å². The Morgan fingerprint density at radius 1 is 1.05 bits per heavy atom. The number of rotatable bonds is 7. The third-order valence-electron chi connectivity index (χ3n) is 2.72. The molecule has 0 radical (unpaired) electrons. The van der Waals surface area contributed by atoms with Gasteiger partial charge in [0.1, 0.15) is 12.2 Å². The summed E-state index contributed by atoms with van der Waals surface area (Å²) < 4.78 is 64.9. The highest BCUT2D eigenvalue weighted by Crippen LogP contribution is 2.33. The van der Waals surface area contributed by atoms with Crippen molar-refractivity contribution in [3.63, 3.8) is 0 Å². The summed E-state index contributed by atoms with van der Waals surface area (Å²) in [7, 11) is -7.28. The number of hydrogen-bond acceptors (Lipinski definition) is 9. The molecule has 1 aliphatic heterocycles. The lowest BCUT2D eigenvalue weighted by atomic mass is 10.2. The second kappa shape index (κ2) is 6.91. The maximum Gasteiger partial charge on any atom is 0.264 e. The largest absolute Gasteiger partial charge is 0.340 e. The van der Waals surface area contributed by atoms with Crippen molar-refractivity contribution in [1.82, 2.24) is 0 Å². The molecule has 1 aromatic heterocycles. The Morgan fingerprint density at radius 3 is 1.91 bits per heavy atom. The van der Waals surface area contributed by atoms with Crippen LogP contribution >= 0.6 is 11.3 Å². The molecule has 0 unspecified atom stereocenters. The molecule has 1 fully saturated rings. The average Bonchev–Trinajstić information content (AvgIpc) is 3.01. The van der Waals surface area contributed by atoms with Crippen molar-refractivity contribution in [2.24, 2.45) is 0 Å². The minimum absolute atomic E-state index is 0.280. The maximum absolute atomic E-state index is 11.1. The summed E-state index contributed by atoms with van der Waals surface area (Å²) in [6.45, 7) is -0.561. The zero-order chi connectivity index (χ0) is 16.4. The molecule has 0 aromatic carbocycles. The minimum atomic E-state index is -3.64. The third-order valence-corrected chi connectivity index (χ3v) is 4.55. The first kappa shape index (κ1) is 17.8. The van der Waals surface area contributed by atoms with Gasteiger partial charge in [0.2, 0.25) is 0 Å². The van der Waals surface area contributed by atoms with Crippen LogP contribution in [-0.2, 0) is 38.1 Å². The van der Waals surface area contributed by atoms with E-state index in [1.165, 1.54) is 11.3 Å². The molecule has 2 rings (SSSR count). The number of thiophene rings is 1. The van der Waals surface area contributed by atoms with Gasteiger partial charge in [0, 0.05) is 5.56 Å². The first-order chi connectivity index (χ1) is 10.1. The lowest BCUT2D eigenvalue weighted by Crippen LogP contribution is -2.33. The molecule has 2 heterocycles. The van der Waals surface area contributed by atoms with E-state index >= 15 is 0 Å². The summed E-state index contributed by atoms with van der Waals surface area (Å²) in [6, 6.07) is 1.80. The minimum Gasteiger partial charge on any atom is -0.340 e. The first-order valence-electron chi connectivity index (χ1n) is 6.16. The van der Waals surface area contributed by atoms with Gasteiger partial charge in [0.15, 0.2) is 6.29 Å². The SMILES string of the molecule is CS(=O)(=O)OC[C@@H]1OC(c2ccsc2)O[C@H]1COS(C)(=O)=O. The van der Waals surface area contributed by atoms with Crippen LogP contribution in [0.15, 0.2) is 16.8 Å². The molecule has 0 aliphatic carbocycles. The van der Waals surface area contributed by atoms with Gasteiger partial charge in [-0.1, -0.05) is 0 Å². The van der Waals surface area contributed by atoms with Gasteiger partial charge in [-0.05, 0) is 16.8 Å². The molecule has 2 atom stereocenters. The number of hydrogen-bond donors (Lipinski definition) is 0. The van der Waals surface area contributed by atoms with E-state index in [1.54, 1.807) is 6.07 Å². The predicted molar refractivity (Wildman–Crippen MR) is 78.4 cm³/mol. The van der Waals surface area contributed by atoms with Gasteiger partial charge in [-0.3, -0.25) is 8.37 Å². The van der Waals surface area contributed by atoms with Crippen LogP contribution in [0, 0.1) is 0 Å². The zero-order valence-corrected chi connectivity index (χ0v) is 14.3. The van der Waals surface area contributed by atoms with E-state index in [1.807, 2.05) is 10.8 Å². The van der Waals surface area contributed by atoms with Crippen LogP contribution in [-0.4, -0.2) is 54.8 Å². The maximum atomic E-state index is 11.1. The molecule has 11 heteroatoms.